The SMILES string of the molecule is Cc1cc(C)n(-c2cc(C(C)O)ccn2)n1. The van der Waals surface area contributed by atoms with Crippen LogP contribution >= 0.6 is 0 Å². The summed E-state index contributed by atoms with van der Waals surface area (Å²) in [7, 11) is 0. The van der Waals surface area contributed by atoms with E-state index in [1.54, 1.807) is 23.9 Å². The Hall–Kier alpha value is -1.68. The van der Waals surface area contributed by atoms with Gasteiger partial charge in [-0.3, -0.25) is 0 Å². The summed E-state index contributed by atoms with van der Waals surface area (Å²) >= 11 is 0. The van der Waals surface area contributed by atoms with Crippen LogP contribution in [-0.4, -0.2) is 19.9 Å². The molecule has 0 saturated heterocycles. The van der Waals surface area contributed by atoms with Crippen LogP contribution in [0.2, 0.25) is 0 Å². The van der Waals surface area contributed by atoms with Gasteiger partial charge < -0.3 is 5.11 Å². The summed E-state index contributed by atoms with van der Waals surface area (Å²) < 4.78 is 1.78. The van der Waals surface area contributed by atoms with Gasteiger partial charge in [-0.1, -0.05) is 0 Å². The molecule has 0 spiro atoms. The number of aryl methyl sites for hydroxylation is 2. The predicted molar refractivity (Wildman–Crippen MR) is 61.5 cm³/mol. The Morgan fingerprint density at radius 2 is 2.06 bits per heavy atom. The van der Waals surface area contributed by atoms with Crippen molar-refractivity contribution >= 4 is 0 Å². The fourth-order valence-corrected chi connectivity index (χ4v) is 1.67. The molecule has 0 aliphatic rings. The molecule has 0 radical (unpaired) electrons. The highest BCUT2D eigenvalue weighted by atomic mass is 16.3. The number of nitrogens with zero attached hydrogens (tertiary/aromatic N) is 3. The molecular weight excluding hydrogens is 202 g/mol. The van der Waals surface area contributed by atoms with Gasteiger partial charge in [-0.05, 0) is 44.5 Å². The molecule has 0 aliphatic carbocycles. The maximum atomic E-state index is 9.51. The number of aliphatic hydroxyl groups is 1. The van der Waals surface area contributed by atoms with Crippen molar-refractivity contribution in [3.63, 3.8) is 0 Å². The first kappa shape index (κ1) is 10.8. The first-order valence-corrected chi connectivity index (χ1v) is 5.25. The van der Waals surface area contributed by atoms with Crippen LogP contribution in [0.5, 0.6) is 0 Å². The summed E-state index contributed by atoms with van der Waals surface area (Å²) in [5, 5.41) is 13.9. The highest BCUT2D eigenvalue weighted by Gasteiger charge is 2.07. The Morgan fingerprint density at radius 1 is 1.31 bits per heavy atom. The van der Waals surface area contributed by atoms with E-state index in [4.69, 9.17) is 0 Å². The monoisotopic (exact) mass is 217 g/mol. The minimum atomic E-state index is -0.487. The Kier molecular flexibility index (Phi) is 2.75. The lowest BCUT2D eigenvalue weighted by molar-refractivity contribution is 0.199. The van der Waals surface area contributed by atoms with Crippen LogP contribution in [0.1, 0.15) is 30.0 Å². The number of hydrogen-bond acceptors (Lipinski definition) is 3. The zero-order chi connectivity index (χ0) is 11.7. The highest BCUT2D eigenvalue weighted by molar-refractivity contribution is 5.30. The molecule has 2 aromatic heterocycles. The second-order valence-electron chi connectivity index (χ2n) is 3.96. The van der Waals surface area contributed by atoms with E-state index in [-0.39, 0.29) is 0 Å². The largest absolute Gasteiger partial charge is 0.389 e. The van der Waals surface area contributed by atoms with E-state index < -0.39 is 6.10 Å². The summed E-state index contributed by atoms with van der Waals surface area (Å²) in [5.74, 6) is 0.740. The molecule has 16 heavy (non-hydrogen) atoms. The molecule has 84 valence electrons. The number of aromatic nitrogens is 3. The third-order valence-corrected chi connectivity index (χ3v) is 2.48. The molecule has 4 heteroatoms. The van der Waals surface area contributed by atoms with Crippen LogP contribution in [0.4, 0.5) is 0 Å². The lowest BCUT2D eigenvalue weighted by Gasteiger charge is -2.07. The van der Waals surface area contributed by atoms with E-state index >= 15 is 0 Å². The van der Waals surface area contributed by atoms with Crippen molar-refractivity contribution < 1.29 is 5.11 Å². The molecular formula is C12H15N3O. The normalized spacial score (nSPS) is 12.8. The molecule has 2 rings (SSSR count). The number of pyridine rings is 1. The van der Waals surface area contributed by atoms with Gasteiger partial charge in [0.2, 0.25) is 0 Å². The van der Waals surface area contributed by atoms with E-state index in [0.717, 1.165) is 22.8 Å². The van der Waals surface area contributed by atoms with Crippen molar-refractivity contribution in [2.75, 3.05) is 0 Å². The summed E-state index contributed by atoms with van der Waals surface area (Å²) in [6.45, 7) is 5.67. The molecule has 4 nitrogen and oxygen atoms in total. The van der Waals surface area contributed by atoms with Crippen LogP contribution in [-0.2, 0) is 0 Å². The molecule has 1 unspecified atom stereocenters. The van der Waals surface area contributed by atoms with E-state index in [2.05, 4.69) is 10.1 Å². The smallest absolute Gasteiger partial charge is 0.153 e. The zero-order valence-electron chi connectivity index (χ0n) is 9.68. The van der Waals surface area contributed by atoms with Gasteiger partial charge in [-0.15, -0.1) is 0 Å². The van der Waals surface area contributed by atoms with Crippen LogP contribution in [0.25, 0.3) is 5.82 Å². The van der Waals surface area contributed by atoms with Gasteiger partial charge in [0.1, 0.15) is 0 Å². The average molecular weight is 217 g/mol. The van der Waals surface area contributed by atoms with Gasteiger partial charge in [0.15, 0.2) is 5.82 Å². The lowest BCUT2D eigenvalue weighted by atomic mass is 10.2. The maximum absolute atomic E-state index is 9.51. The summed E-state index contributed by atoms with van der Waals surface area (Å²) in [5.41, 5.74) is 2.84. The minimum absolute atomic E-state index is 0.487. The number of rotatable bonds is 2. The van der Waals surface area contributed by atoms with Crippen LogP contribution in [0.15, 0.2) is 24.4 Å². The van der Waals surface area contributed by atoms with Crippen molar-refractivity contribution in [3.8, 4) is 5.82 Å². The van der Waals surface area contributed by atoms with Crippen LogP contribution in [0.3, 0.4) is 0 Å². The van der Waals surface area contributed by atoms with Crippen molar-refractivity contribution in [1.82, 2.24) is 14.8 Å². The Morgan fingerprint density at radius 3 is 2.62 bits per heavy atom. The van der Waals surface area contributed by atoms with Crippen molar-refractivity contribution in [2.45, 2.75) is 26.9 Å². The van der Waals surface area contributed by atoms with Gasteiger partial charge in [-0.25, -0.2) is 9.67 Å². The molecule has 0 amide bonds. The van der Waals surface area contributed by atoms with Gasteiger partial charge in [0.05, 0.1) is 11.8 Å². The predicted octanol–water partition coefficient (Wildman–Crippen LogP) is 1.94. The van der Waals surface area contributed by atoms with Crippen molar-refractivity contribution in [2.24, 2.45) is 0 Å². The lowest BCUT2D eigenvalue weighted by Crippen LogP contribution is -2.03. The summed E-state index contributed by atoms with van der Waals surface area (Å²) in [6.07, 6.45) is 1.20. The molecule has 1 atom stereocenters. The van der Waals surface area contributed by atoms with Crippen LogP contribution in [0, 0.1) is 13.8 Å². The second-order valence-corrected chi connectivity index (χ2v) is 3.96. The van der Waals surface area contributed by atoms with Gasteiger partial charge >= 0.3 is 0 Å². The third-order valence-electron chi connectivity index (χ3n) is 2.48. The van der Waals surface area contributed by atoms with Gasteiger partial charge in [0.25, 0.3) is 0 Å². The summed E-state index contributed by atoms with van der Waals surface area (Å²) in [6, 6.07) is 5.65. The first-order chi connectivity index (χ1) is 7.58. The fraction of sp³-hybridized carbons (Fsp3) is 0.333. The van der Waals surface area contributed by atoms with Crippen LogP contribution < -0.4 is 0 Å². The van der Waals surface area contributed by atoms with Crippen molar-refractivity contribution in [1.29, 1.82) is 0 Å². The standard InChI is InChI=1S/C12H15N3O/c1-8-6-9(2)15(14-8)12-7-11(10(3)16)4-5-13-12/h4-7,10,16H,1-3H3. The van der Waals surface area contributed by atoms with E-state index in [1.165, 1.54) is 0 Å². The number of hydrogen-bond donors (Lipinski definition) is 1. The fourth-order valence-electron chi connectivity index (χ4n) is 1.67. The van der Waals surface area contributed by atoms with E-state index in [0.29, 0.717) is 0 Å². The highest BCUT2D eigenvalue weighted by Crippen LogP contribution is 2.15. The molecule has 0 bridgehead atoms. The van der Waals surface area contributed by atoms with Crippen molar-refractivity contribution in [3.05, 3.63) is 41.3 Å². The maximum Gasteiger partial charge on any atom is 0.153 e. The first-order valence-electron chi connectivity index (χ1n) is 5.25. The Balaban J connectivity index is 2.48. The molecule has 0 aromatic carbocycles. The topological polar surface area (TPSA) is 50.9 Å². The molecule has 0 aliphatic heterocycles. The average Bonchev–Trinajstić information content (AvgIpc) is 2.58. The van der Waals surface area contributed by atoms with Gasteiger partial charge in [-0.2, -0.15) is 5.10 Å². The van der Waals surface area contributed by atoms with E-state index in [9.17, 15) is 5.11 Å². The second kappa shape index (κ2) is 4.06. The Labute approximate surface area is 94.6 Å². The molecule has 1 N–H and O–H groups in total. The summed E-state index contributed by atoms with van der Waals surface area (Å²) in [4.78, 5) is 4.26. The Bertz CT molecular complexity index is 503. The zero-order valence-corrected chi connectivity index (χ0v) is 9.68. The minimum Gasteiger partial charge on any atom is -0.389 e. The number of aliphatic hydroxyl groups excluding tert-OH is 1. The van der Waals surface area contributed by atoms with E-state index in [1.807, 2.05) is 26.0 Å². The van der Waals surface area contributed by atoms with Gasteiger partial charge in [0, 0.05) is 11.9 Å². The molecule has 2 aromatic rings. The molecule has 0 saturated carbocycles. The third kappa shape index (κ3) is 1.97. The molecule has 2 heterocycles. The quantitative estimate of drug-likeness (QED) is 0.836. The molecule has 0 fully saturated rings.